The average molecular weight is 369 g/mol. The summed E-state index contributed by atoms with van der Waals surface area (Å²) in [6.45, 7) is 3.57. The Balaban J connectivity index is 2.10. The molecule has 24 heavy (non-hydrogen) atoms. The Labute approximate surface area is 142 Å². The lowest BCUT2D eigenvalue weighted by Crippen LogP contribution is -2.13. The van der Waals surface area contributed by atoms with E-state index in [1.54, 1.807) is 25.1 Å². The van der Waals surface area contributed by atoms with E-state index in [1.807, 2.05) is 6.92 Å². The Morgan fingerprint density at radius 1 is 0.917 bits per heavy atom. The number of sulfonamides is 1. The van der Waals surface area contributed by atoms with Crippen LogP contribution in [-0.4, -0.2) is 23.4 Å². The minimum atomic E-state index is -3.84. The third-order valence-corrected chi connectivity index (χ3v) is 5.81. The second-order valence-electron chi connectivity index (χ2n) is 5.47. The summed E-state index contributed by atoms with van der Waals surface area (Å²) < 4.78 is 52.0. The van der Waals surface area contributed by atoms with Gasteiger partial charge in [-0.3, -0.25) is 4.18 Å². The molecule has 0 aliphatic heterocycles. The van der Waals surface area contributed by atoms with Gasteiger partial charge in [-0.15, -0.1) is 0 Å². The lowest BCUT2D eigenvalue weighted by atomic mass is 10.1. The van der Waals surface area contributed by atoms with Gasteiger partial charge in [-0.25, -0.2) is 13.6 Å². The molecule has 0 unspecified atom stereocenters. The van der Waals surface area contributed by atoms with E-state index in [4.69, 9.17) is 9.32 Å². The van der Waals surface area contributed by atoms with Crippen LogP contribution in [-0.2, 0) is 30.7 Å². The third kappa shape index (κ3) is 4.64. The minimum absolute atomic E-state index is 0.00973. The van der Waals surface area contributed by atoms with Gasteiger partial charge in [-0.2, -0.15) is 8.42 Å². The van der Waals surface area contributed by atoms with E-state index in [2.05, 4.69) is 0 Å². The van der Waals surface area contributed by atoms with Crippen LogP contribution in [0.25, 0.3) is 0 Å². The first-order valence-electron chi connectivity index (χ1n) is 7.18. The van der Waals surface area contributed by atoms with Crippen molar-refractivity contribution in [2.24, 2.45) is 5.14 Å². The van der Waals surface area contributed by atoms with Gasteiger partial charge in [0.05, 0.1) is 16.4 Å². The zero-order chi connectivity index (χ0) is 18.0. The fourth-order valence-electron chi connectivity index (χ4n) is 2.13. The summed E-state index contributed by atoms with van der Waals surface area (Å²) in [5.41, 5.74) is 2.45. The van der Waals surface area contributed by atoms with E-state index in [-0.39, 0.29) is 22.8 Å². The smallest absolute Gasteiger partial charge is 0.266 e. The van der Waals surface area contributed by atoms with Crippen molar-refractivity contribution in [3.05, 3.63) is 59.2 Å². The maximum Gasteiger partial charge on any atom is 0.296 e. The molecule has 0 saturated heterocycles. The van der Waals surface area contributed by atoms with E-state index in [9.17, 15) is 16.8 Å². The van der Waals surface area contributed by atoms with Crippen molar-refractivity contribution in [2.45, 2.75) is 30.1 Å². The monoisotopic (exact) mass is 369 g/mol. The normalized spacial score (nSPS) is 12.3. The fraction of sp³-hybridized carbons (Fsp3) is 0.250. The van der Waals surface area contributed by atoms with Gasteiger partial charge in [-0.1, -0.05) is 23.8 Å². The summed E-state index contributed by atoms with van der Waals surface area (Å²) >= 11 is 0. The second kappa shape index (κ2) is 7.02. The Kier molecular flexibility index (Phi) is 5.44. The standard InChI is InChI=1S/C16H19NO5S2/c1-12-3-6-15(7-4-12)24(20,21)22-10-9-14-11-16(23(17,18)19)8-5-13(14)2/h3-8,11H,9-10H2,1-2H3,(H2,17,18,19). The molecule has 0 heterocycles. The molecule has 0 saturated carbocycles. The number of aryl methyl sites for hydroxylation is 2. The third-order valence-electron chi connectivity index (χ3n) is 3.57. The summed E-state index contributed by atoms with van der Waals surface area (Å²) in [5.74, 6) is 0. The molecule has 2 aromatic rings. The molecule has 0 radical (unpaired) electrons. The Morgan fingerprint density at radius 2 is 1.50 bits per heavy atom. The molecule has 130 valence electrons. The van der Waals surface area contributed by atoms with Gasteiger partial charge in [0, 0.05) is 0 Å². The molecule has 0 aromatic heterocycles. The second-order valence-corrected chi connectivity index (χ2v) is 8.65. The predicted molar refractivity (Wildman–Crippen MR) is 90.6 cm³/mol. The fourth-order valence-corrected chi connectivity index (χ4v) is 3.60. The number of hydrogen-bond acceptors (Lipinski definition) is 5. The number of hydrogen-bond donors (Lipinski definition) is 1. The van der Waals surface area contributed by atoms with Crippen molar-refractivity contribution in [1.29, 1.82) is 0 Å². The average Bonchev–Trinajstić information content (AvgIpc) is 2.48. The van der Waals surface area contributed by atoms with Gasteiger partial charge in [0.2, 0.25) is 10.0 Å². The zero-order valence-electron chi connectivity index (χ0n) is 13.4. The van der Waals surface area contributed by atoms with Crippen molar-refractivity contribution in [1.82, 2.24) is 0 Å². The lowest BCUT2D eigenvalue weighted by Gasteiger charge is -2.09. The number of nitrogens with two attached hydrogens (primary N) is 1. The van der Waals surface area contributed by atoms with Crippen LogP contribution in [0.15, 0.2) is 52.3 Å². The van der Waals surface area contributed by atoms with Gasteiger partial charge in [0.1, 0.15) is 0 Å². The Hall–Kier alpha value is -1.74. The maximum absolute atomic E-state index is 12.1. The highest BCUT2D eigenvalue weighted by molar-refractivity contribution is 7.89. The van der Waals surface area contributed by atoms with E-state index in [1.165, 1.54) is 24.3 Å². The Bertz CT molecular complexity index is 933. The summed E-state index contributed by atoms with van der Waals surface area (Å²) in [5, 5.41) is 5.11. The van der Waals surface area contributed by atoms with E-state index in [0.29, 0.717) is 5.56 Å². The first-order chi connectivity index (χ1) is 11.1. The Morgan fingerprint density at radius 3 is 2.08 bits per heavy atom. The molecule has 0 spiro atoms. The molecule has 0 bridgehead atoms. The van der Waals surface area contributed by atoms with Crippen molar-refractivity contribution in [3.8, 4) is 0 Å². The highest BCUT2D eigenvalue weighted by Crippen LogP contribution is 2.17. The molecule has 0 fully saturated rings. The first kappa shape index (κ1) is 18.6. The van der Waals surface area contributed by atoms with Crippen LogP contribution in [0.2, 0.25) is 0 Å². The molecule has 0 aliphatic carbocycles. The maximum atomic E-state index is 12.1. The van der Waals surface area contributed by atoms with E-state index < -0.39 is 20.1 Å². The van der Waals surface area contributed by atoms with Crippen LogP contribution in [0.1, 0.15) is 16.7 Å². The van der Waals surface area contributed by atoms with Gasteiger partial charge in [0.15, 0.2) is 0 Å². The highest BCUT2D eigenvalue weighted by Gasteiger charge is 2.15. The number of rotatable bonds is 6. The summed E-state index contributed by atoms with van der Waals surface area (Å²) in [6.07, 6.45) is 0.250. The van der Waals surface area contributed by atoms with Crippen LogP contribution < -0.4 is 5.14 Å². The van der Waals surface area contributed by atoms with Crippen LogP contribution in [0.3, 0.4) is 0 Å². The molecule has 2 aromatic carbocycles. The molecule has 0 atom stereocenters. The molecular weight excluding hydrogens is 350 g/mol. The van der Waals surface area contributed by atoms with Crippen molar-refractivity contribution in [3.63, 3.8) is 0 Å². The molecule has 0 amide bonds. The summed E-state index contributed by atoms with van der Waals surface area (Å²) in [7, 11) is -7.64. The molecule has 6 nitrogen and oxygen atoms in total. The molecule has 8 heteroatoms. The largest absolute Gasteiger partial charge is 0.296 e. The van der Waals surface area contributed by atoms with Gasteiger partial charge in [-0.05, 0) is 55.7 Å². The molecule has 2 N–H and O–H groups in total. The number of primary sulfonamides is 1. The van der Waals surface area contributed by atoms with Crippen LogP contribution in [0.4, 0.5) is 0 Å². The zero-order valence-corrected chi connectivity index (χ0v) is 15.0. The van der Waals surface area contributed by atoms with Crippen LogP contribution >= 0.6 is 0 Å². The van der Waals surface area contributed by atoms with E-state index >= 15 is 0 Å². The quantitative estimate of drug-likeness (QED) is 0.783. The topological polar surface area (TPSA) is 104 Å². The van der Waals surface area contributed by atoms with Crippen LogP contribution in [0, 0.1) is 13.8 Å². The van der Waals surface area contributed by atoms with Crippen molar-refractivity contribution < 1.29 is 21.0 Å². The number of benzene rings is 2. The molecule has 2 rings (SSSR count). The van der Waals surface area contributed by atoms with Crippen molar-refractivity contribution >= 4 is 20.1 Å². The van der Waals surface area contributed by atoms with Gasteiger partial charge in [0.25, 0.3) is 10.1 Å². The summed E-state index contributed by atoms with van der Waals surface area (Å²) in [6, 6.07) is 10.8. The molecule has 0 aliphatic rings. The minimum Gasteiger partial charge on any atom is -0.266 e. The highest BCUT2D eigenvalue weighted by atomic mass is 32.2. The summed E-state index contributed by atoms with van der Waals surface area (Å²) in [4.78, 5) is 0.0765. The van der Waals surface area contributed by atoms with Gasteiger partial charge >= 0.3 is 0 Å². The van der Waals surface area contributed by atoms with E-state index in [0.717, 1.165) is 11.1 Å². The SMILES string of the molecule is Cc1ccc(S(=O)(=O)OCCc2cc(S(N)(=O)=O)ccc2C)cc1. The van der Waals surface area contributed by atoms with Crippen molar-refractivity contribution in [2.75, 3.05) is 6.61 Å². The predicted octanol–water partition coefficient (Wildman–Crippen LogP) is 1.90. The molecular formula is C16H19NO5S2. The lowest BCUT2D eigenvalue weighted by molar-refractivity contribution is 0.322. The first-order valence-corrected chi connectivity index (χ1v) is 10.1. The van der Waals surface area contributed by atoms with Crippen LogP contribution in [0.5, 0.6) is 0 Å². The van der Waals surface area contributed by atoms with Gasteiger partial charge < -0.3 is 0 Å².